The monoisotopic (exact) mass is 226 g/mol. The highest BCUT2D eigenvalue weighted by atomic mass is 19.1. The Morgan fingerprint density at radius 3 is 2.81 bits per heavy atom. The van der Waals surface area contributed by atoms with Crippen LogP contribution in [0.2, 0.25) is 0 Å². The number of aliphatic hydroxyl groups excluding tert-OH is 2. The van der Waals surface area contributed by atoms with Crippen LogP contribution in [0.3, 0.4) is 0 Å². The van der Waals surface area contributed by atoms with Gasteiger partial charge in [0.15, 0.2) is 5.82 Å². The second-order valence-electron chi connectivity index (χ2n) is 3.18. The summed E-state index contributed by atoms with van der Waals surface area (Å²) in [6, 6.07) is 4.10. The lowest BCUT2D eigenvalue weighted by molar-refractivity contribution is 0.0223. The Morgan fingerprint density at radius 2 is 2.19 bits per heavy atom. The number of halogens is 1. The van der Waals surface area contributed by atoms with Crippen molar-refractivity contribution in [2.24, 2.45) is 5.11 Å². The van der Waals surface area contributed by atoms with Gasteiger partial charge in [-0.15, -0.1) is 0 Å². The van der Waals surface area contributed by atoms with Crippen LogP contribution >= 0.6 is 0 Å². The fourth-order valence-electron chi connectivity index (χ4n) is 1.22. The molecule has 86 valence electrons. The summed E-state index contributed by atoms with van der Waals surface area (Å²) in [6.07, 6.45) is -2.85. The van der Waals surface area contributed by atoms with E-state index in [1.807, 2.05) is 0 Å². The third kappa shape index (κ3) is 2.60. The zero-order chi connectivity index (χ0) is 12.1. The quantitative estimate of drug-likeness (QED) is 0.309. The predicted molar refractivity (Wildman–Crippen MR) is 55.8 cm³/mol. The van der Waals surface area contributed by atoms with E-state index in [0.29, 0.717) is 0 Å². The molecular formula is C9H11FN4O2. The van der Waals surface area contributed by atoms with Gasteiger partial charge in [-0.1, -0.05) is 17.2 Å². The Kier molecular flexibility index (Phi) is 4.07. The number of rotatable bonds is 4. The molecular weight excluding hydrogens is 215 g/mol. The molecule has 1 aromatic carbocycles. The van der Waals surface area contributed by atoms with E-state index in [2.05, 4.69) is 10.0 Å². The number of nitrogens with two attached hydrogens (primary N) is 1. The van der Waals surface area contributed by atoms with Crippen molar-refractivity contribution >= 4 is 5.69 Å². The zero-order valence-electron chi connectivity index (χ0n) is 8.29. The first-order valence-electron chi connectivity index (χ1n) is 4.48. The number of hydrogen-bond donors (Lipinski definition) is 3. The fraction of sp³-hybridized carbons (Fsp3) is 0.333. The molecule has 0 aliphatic carbocycles. The van der Waals surface area contributed by atoms with Crippen LogP contribution in [0.5, 0.6) is 0 Å². The van der Waals surface area contributed by atoms with Gasteiger partial charge in [0.2, 0.25) is 0 Å². The maximum Gasteiger partial charge on any atom is 0.151 e. The molecule has 6 nitrogen and oxygen atoms in total. The standard InChI is InChI=1S/C9H11FN4O2/c10-8-5(2-1-3-6(8)11)9(16)7(15)4-13-14-12/h1-3,7,9,15-16H,4,11H2. The Labute approximate surface area is 90.8 Å². The van der Waals surface area contributed by atoms with Gasteiger partial charge in [-0.3, -0.25) is 0 Å². The molecule has 2 unspecified atom stereocenters. The van der Waals surface area contributed by atoms with Gasteiger partial charge < -0.3 is 15.9 Å². The summed E-state index contributed by atoms with van der Waals surface area (Å²) < 4.78 is 13.4. The van der Waals surface area contributed by atoms with Gasteiger partial charge in [0, 0.05) is 10.5 Å². The SMILES string of the molecule is [N-]=[N+]=NCC(O)C(O)c1cccc(N)c1F. The minimum Gasteiger partial charge on any atom is -0.396 e. The minimum atomic E-state index is -1.48. The van der Waals surface area contributed by atoms with Gasteiger partial charge in [0.05, 0.1) is 18.3 Å². The highest BCUT2D eigenvalue weighted by molar-refractivity contribution is 5.43. The van der Waals surface area contributed by atoms with E-state index in [9.17, 15) is 14.6 Å². The predicted octanol–water partition coefficient (Wildman–Crippen LogP) is 1.11. The molecule has 0 aromatic heterocycles. The number of aliphatic hydroxyl groups is 2. The summed E-state index contributed by atoms with van der Waals surface area (Å²) in [4.78, 5) is 2.43. The summed E-state index contributed by atoms with van der Waals surface area (Å²) in [5.41, 5.74) is 13.1. The first-order valence-corrected chi connectivity index (χ1v) is 4.48. The molecule has 16 heavy (non-hydrogen) atoms. The molecule has 0 spiro atoms. The third-order valence-electron chi connectivity index (χ3n) is 2.07. The van der Waals surface area contributed by atoms with E-state index in [1.54, 1.807) is 0 Å². The van der Waals surface area contributed by atoms with Crippen molar-refractivity contribution in [2.45, 2.75) is 12.2 Å². The molecule has 1 rings (SSSR count). The summed E-state index contributed by atoms with van der Waals surface area (Å²) in [5, 5.41) is 22.1. The van der Waals surface area contributed by atoms with Crippen LogP contribution in [0.4, 0.5) is 10.1 Å². The molecule has 0 amide bonds. The van der Waals surface area contributed by atoms with Gasteiger partial charge in [-0.05, 0) is 11.6 Å². The average Bonchev–Trinajstić information content (AvgIpc) is 2.28. The van der Waals surface area contributed by atoms with Crippen molar-refractivity contribution in [1.82, 2.24) is 0 Å². The van der Waals surface area contributed by atoms with E-state index in [4.69, 9.17) is 11.3 Å². The van der Waals surface area contributed by atoms with Crippen LogP contribution in [-0.4, -0.2) is 22.9 Å². The maximum atomic E-state index is 13.4. The normalized spacial score (nSPS) is 13.9. The molecule has 0 radical (unpaired) electrons. The second kappa shape index (κ2) is 5.32. The van der Waals surface area contributed by atoms with Gasteiger partial charge in [-0.2, -0.15) is 0 Å². The number of nitrogens with zero attached hydrogens (tertiary/aromatic N) is 3. The van der Waals surface area contributed by atoms with E-state index >= 15 is 0 Å². The van der Waals surface area contributed by atoms with E-state index in [1.165, 1.54) is 18.2 Å². The number of hydrogen-bond acceptors (Lipinski definition) is 4. The lowest BCUT2D eigenvalue weighted by atomic mass is 10.0. The second-order valence-corrected chi connectivity index (χ2v) is 3.18. The van der Waals surface area contributed by atoms with E-state index in [0.717, 1.165) is 0 Å². The smallest absolute Gasteiger partial charge is 0.151 e. The van der Waals surface area contributed by atoms with Crippen molar-refractivity contribution < 1.29 is 14.6 Å². The Bertz CT molecular complexity index is 420. The van der Waals surface area contributed by atoms with Crippen molar-refractivity contribution in [2.75, 3.05) is 12.3 Å². The fourth-order valence-corrected chi connectivity index (χ4v) is 1.22. The topological polar surface area (TPSA) is 115 Å². The van der Waals surface area contributed by atoms with Crippen molar-refractivity contribution in [3.05, 3.63) is 40.0 Å². The largest absolute Gasteiger partial charge is 0.396 e. The molecule has 7 heteroatoms. The summed E-state index contributed by atoms with van der Waals surface area (Å²) >= 11 is 0. The summed E-state index contributed by atoms with van der Waals surface area (Å²) in [6.45, 7) is -0.341. The van der Waals surface area contributed by atoms with Crippen LogP contribution in [0.1, 0.15) is 11.7 Å². The molecule has 0 aliphatic heterocycles. The van der Waals surface area contributed by atoms with Crippen LogP contribution in [-0.2, 0) is 0 Å². The van der Waals surface area contributed by atoms with E-state index < -0.39 is 18.0 Å². The Balaban J connectivity index is 2.91. The first-order chi connectivity index (χ1) is 7.57. The highest BCUT2D eigenvalue weighted by Crippen LogP contribution is 2.23. The number of azide groups is 1. The number of nitrogen functional groups attached to an aromatic ring is 1. The summed E-state index contributed by atoms with van der Waals surface area (Å²) in [7, 11) is 0. The molecule has 0 saturated carbocycles. The van der Waals surface area contributed by atoms with Crippen LogP contribution in [0.25, 0.3) is 10.4 Å². The average molecular weight is 226 g/mol. The molecule has 0 fully saturated rings. The highest BCUT2D eigenvalue weighted by Gasteiger charge is 2.21. The maximum absolute atomic E-state index is 13.4. The lowest BCUT2D eigenvalue weighted by Crippen LogP contribution is -2.22. The van der Waals surface area contributed by atoms with Crippen molar-refractivity contribution in [1.29, 1.82) is 0 Å². The van der Waals surface area contributed by atoms with Crippen LogP contribution in [0.15, 0.2) is 23.3 Å². The van der Waals surface area contributed by atoms with E-state index in [-0.39, 0.29) is 17.8 Å². The molecule has 2 atom stereocenters. The molecule has 1 aromatic rings. The lowest BCUT2D eigenvalue weighted by Gasteiger charge is -2.17. The van der Waals surface area contributed by atoms with Gasteiger partial charge in [-0.25, -0.2) is 4.39 Å². The number of benzene rings is 1. The van der Waals surface area contributed by atoms with Crippen molar-refractivity contribution in [3.8, 4) is 0 Å². The first kappa shape index (κ1) is 12.3. The molecule has 0 saturated heterocycles. The van der Waals surface area contributed by atoms with Crippen molar-refractivity contribution in [3.63, 3.8) is 0 Å². The zero-order valence-corrected chi connectivity index (χ0v) is 8.29. The van der Waals surface area contributed by atoms with Gasteiger partial charge in [0.25, 0.3) is 0 Å². The molecule has 0 aliphatic rings. The Morgan fingerprint density at radius 1 is 1.50 bits per heavy atom. The molecule has 0 bridgehead atoms. The van der Waals surface area contributed by atoms with Gasteiger partial charge >= 0.3 is 0 Å². The number of anilines is 1. The van der Waals surface area contributed by atoms with Gasteiger partial charge in [0.1, 0.15) is 6.10 Å². The summed E-state index contributed by atoms with van der Waals surface area (Å²) in [5.74, 6) is -0.782. The molecule has 4 N–H and O–H groups in total. The minimum absolute atomic E-state index is 0.118. The van der Waals surface area contributed by atoms with Crippen LogP contribution in [0, 0.1) is 5.82 Å². The Hall–Kier alpha value is -1.82. The molecule has 0 heterocycles. The van der Waals surface area contributed by atoms with Crippen LogP contribution < -0.4 is 5.73 Å². The third-order valence-corrected chi connectivity index (χ3v) is 2.07.